The Morgan fingerprint density at radius 2 is 1.56 bits per heavy atom. The monoisotopic (exact) mass is 556 g/mol. The molecule has 0 amide bonds. The van der Waals surface area contributed by atoms with E-state index < -0.39 is 0 Å². The predicted molar refractivity (Wildman–Crippen MR) is 147 cm³/mol. The number of aliphatic imine (C=N–C) groups is 1. The standard InChI is InChI=1S/C25H44N6.HI/c1-3-14-29-16-11-24(12-17-29)28-25(26-2)27-13-7-8-15-30-18-20-31(21-19-30)22-23-9-5-4-6-10-23;/h4-6,9-10,24H,3,7-8,11-22H2,1-2H3,(H2,26,27,28);1H. The molecule has 0 radical (unpaired) electrons. The molecule has 0 aliphatic carbocycles. The fourth-order valence-electron chi connectivity index (χ4n) is 4.68. The molecule has 7 heteroatoms. The number of guanidine groups is 1. The highest BCUT2D eigenvalue weighted by atomic mass is 127. The van der Waals surface area contributed by atoms with Crippen LogP contribution in [-0.2, 0) is 6.54 Å². The van der Waals surface area contributed by atoms with Gasteiger partial charge in [-0.05, 0) is 50.8 Å². The first-order valence-corrected chi connectivity index (χ1v) is 12.4. The Labute approximate surface area is 213 Å². The second kappa shape index (κ2) is 15.9. The van der Waals surface area contributed by atoms with Crippen LogP contribution >= 0.6 is 24.0 Å². The molecule has 182 valence electrons. The van der Waals surface area contributed by atoms with E-state index in [1.54, 1.807) is 0 Å². The first kappa shape index (κ1) is 27.3. The van der Waals surface area contributed by atoms with Gasteiger partial charge in [-0.1, -0.05) is 37.3 Å². The summed E-state index contributed by atoms with van der Waals surface area (Å²) in [6, 6.07) is 11.4. The van der Waals surface area contributed by atoms with Gasteiger partial charge >= 0.3 is 0 Å². The van der Waals surface area contributed by atoms with Crippen LogP contribution in [0.15, 0.2) is 35.3 Å². The minimum Gasteiger partial charge on any atom is -0.356 e. The van der Waals surface area contributed by atoms with E-state index in [-0.39, 0.29) is 24.0 Å². The smallest absolute Gasteiger partial charge is 0.191 e. The summed E-state index contributed by atoms with van der Waals surface area (Å²) in [5.41, 5.74) is 1.43. The lowest BCUT2D eigenvalue weighted by Crippen LogP contribution is -2.49. The Balaban J connectivity index is 0.00000363. The van der Waals surface area contributed by atoms with Crippen LogP contribution in [0.3, 0.4) is 0 Å². The fraction of sp³-hybridized carbons (Fsp3) is 0.720. The third-order valence-electron chi connectivity index (χ3n) is 6.60. The Hall–Kier alpha value is -0.900. The third-order valence-corrected chi connectivity index (χ3v) is 6.60. The Morgan fingerprint density at radius 3 is 2.22 bits per heavy atom. The highest BCUT2D eigenvalue weighted by molar-refractivity contribution is 14.0. The number of nitrogens with zero attached hydrogens (tertiary/aromatic N) is 4. The van der Waals surface area contributed by atoms with Gasteiger partial charge in [-0.2, -0.15) is 0 Å². The summed E-state index contributed by atoms with van der Waals surface area (Å²) >= 11 is 0. The topological polar surface area (TPSA) is 46.1 Å². The Kier molecular flexibility index (Phi) is 13.5. The predicted octanol–water partition coefficient (Wildman–Crippen LogP) is 3.24. The van der Waals surface area contributed by atoms with E-state index in [1.165, 1.54) is 90.0 Å². The van der Waals surface area contributed by atoms with Crippen molar-refractivity contribution in [2.75, 3.05) is 66.0 Å². The van der Waals surface area contributed by atoms with Gasteiger partial charge in [0.15, 0.2) is 5.96 Å². The van der Waals surface area contributed by atoms with Crippen molar-refractivity contribution in [2.45, 2.75) is 51.6 Å². The lowest BCUT2D eigenvalue weighted by atomic mass is 10.1. The molecule has 0 bridgehead atoms. The minimum atomic E-state index is 0. The van der Waals surface area contributed by atoms with Crippen molar-refractivity contribution in [3.05, 3.63) is 35.9 Å². The van der Waals surface area contributed by atoms with Gasteiger partial charge in [-0.3, -0.25) is 9.89 Å². The number of hydrogen-bond acceptors (Lipinski definition) is 4. The van der Waals surface area contributed by atoms with Crippen molar-refractivity contribution >= 4 is 29.9 Å². The maximum absolute atomic E-state index is 4.43. The second-order valence-corrected chi connectivity index (χ2v) is 9.07. The van der Waals surface area contributed by atoms with Crippen molar-refractivity contribution in [3.8, 4) is 0 Å². The number of rotatable bonds is 10. The molecular weight excluding hydrogens is 511 g/mol. The van der Waals surface area contributed by atoms with E-state index in [1.807, 2.05) is 7.05 Å². The highest BCUT2D eigenvalue weighted by Gasteiger charge is 2.19. The Bertz CT molecular complexity index is 625. The summed E-state index contributed by atoms with van der Waals surface area (Å²) in [6.07, 6.45) is 6.14. The minimum absolute atomic E-state index is 0. The number of likely N-dealkylation sites (tertiary alicyclic amines) is 1. The maximum Gasteiger partial charge on any atom is 0.191 e. The zero-order valence-electron chi connectivity index (χ0n) is 20.3. The van der Waals surface area contributed by atoms with Gasteiger partial charge in [0.2, 0.25) is 0 Å². The number of halogens is 1. The Morgan fingerprint density at radius 1 is 0.906 bits per heavy atom. The number of hydrogen-bond donors (Lipinski definition) is 2. The number of piperidine rings is 1. The third kappa shape index (κ3) is 9.93. The van der Waals surface area contributed by atoms with E-state index in [0.29, 0.717) is 6.04 Å². The molecule has 3 rings (SSSR count). The SMILES string of the molecule is CCCN1CCC(NC(=NC)NCCCCN2CCN(Cc3ccccc3)CC2)CC1.I. The first-order chi connectivity index (χ1) is 15.3. The quantitative estimate of drug-likeness (QED) is 0.201. The molecule has 2 aliphatic rings. The van der Waals surface area contributed by atoms with Crippen molar-refractivity contribution < 1.29 is 0 Å². The van der Waals surface area contributed by atoms with Crippen LogP contribution in [0.2, 0.25) is 0 Å². The van der Waals surface area contributed by atoms with Crippen LogP contribution in [0.25, 0.3) is 0 Å². The van der Waals surface area contributed by atoms with Crippen LogP contribution < -0.4 is 10.6 Å². The summed E-state index contributed by atoms with van der Waals surface area (Å²) in [5.74, 6) is 0.975. The molecule has 2 aliphatic heterocycles. The van der Waals surface area contributed by atoms with Gasteiger partial charge in [0.1, 0.15) is 0 Å². The van der Waals surface area contributed by atoms with E-state index in [0.717, 1.165) is 19.0 Å². The number of piperazine rings is 1. The van der Waals surface area contributed by atoms with Crippen LogP contribution in [0.4, 0.5) is 0 Å². The average molecular weight is 557 g/mol. The van der Waals surface area contributed by atoms with Gasteiger partial charge in [-0.15, -0.1) is 24.0 Å². The molecule has 2 heterocycles. The number of unbranched alkanes of at least 4 members (excludes halogenated alkanes) is 1. The van der Waals surface area contributed by atoms with E-state index in [9.17, 15) is 0 Å². The molecule has 6 nitrogen and oxygen atoms in total. The van der Waals surface area contributed by atoms with E-state index in [4.69, 9.17) is 0 Å². The summed E-state index contributed by atoms with van der Waals surface area (Å²) in [6.45, 7) is 14.0. The average Bonchev–Trinajstić information content (AvgIpc) is 2.81. The van der Waals surface area contributed by atoms with Gasteiger partial charge in [0.05, 0.1) is 0 Å². The zero-order chi connectivity index (χ0) is 21.7. The van der Waals surface area contributed by atoms with Crippen molar-refractivity contribution in [2.24, 2.45) is 4.99 Å². The van der Waals surface area contributed by atoms with Gasteiger partial charge < -0.3 is 20.4 Å². The molecule has 2 N–H and O–H groups in total. The maximum atomic E-state index is 4.43. The van der Waals surface area contributed by atoms with E-state index >= 15 is 0 Å². The molecule has 0 saturated carbocycles. The van der Waals surface area contributed by atoms with Crippen molar-refractivity contribution in [1.29, 1.82) is 0 Å². The zero-order valence-corrected chi connectivity index (χ0v) is 22.6. The second-order valence-electron chi connectivity index (χ2n) is 9.07. The number of benzene rings is 1. The molecule has 0 aromatic heterocycles. The number of nitrogens with one attached hydrogen (secondary N) is 2. The van der Waals surface area contributed by atoms with Gasteiger partial charge in [0, 0.05) is 65.4 Å². The summed E-state index contributed by atoms with van der Waals surface area (Å²) in [5, 5.41) is 7.15. The fourth-order valence-corrected chi connectivity index (χ4v) is 4.68. The summed E-state index contributed by atoms with van der Waals surface area (Å²) < 4.78 is 0. The summed E-state index contributed by atoms with van der Waals surface area (Å²) in [4.78, 5) is 12.2. The molecule has 32 heavy (non-hydrogen) atoms. The largest absolute Gasteiger partial charge is 0.356 e. The van der Waals surface area contributed by atoms with Crippen LogP contribution in [0.1, 0.15) is 44.6 Å². The van der Waals surface area contributed by atoms with Crippen LogP contribution in [-0.4, -0.2) is 92.7 Å². The molecule has 1 aromatic carbocycles. The van der Waals surface area contributed by atoms with Crippen molar-refractivity contribution in [3.63, 3.8) is 0 Å². The summed E-state index contributed by atoms with van der Waals surface area (Å²) in [7, 11) is 1.89. The highest BCUT2D eigenvalue weighted by Crippen LogP contribution is 2.11. The molecule has 0 unspecified atom stereocenters. The lowest BCUT2D eigenvalue weighted by Gasteiger charge is -2.34. The lowest BCUT2D eigenvalue weighted by molar-refractivity contribution is 0.126. The molecule has 0 spiro atoms. The molecule has 0 atom stereocenters. The molecule has 1 aromatic rings. The van der Waals surface area contributed by atoms with Crippen molar-refractivity contribution in [1.82, 2.24) is 25.3 Å². The molecular formula is C25H45IN6. The van der Waals surface area contributed by atoms with Gasteiger partial charge in [-0.25, -0.2) is 0 Å². The molecule has 2 fully saturated rings. The van der Waals surface area contributed by atoms with Crippen LogP contribution in [0.5, 0.6) is 0 Å². The van der Waals surface area contributed by atoms with E-state index in [2.05, 4.69) is 67.6 Å². The first-order valence-electron chi connectivity index (χ1n) is 12.4. The normalized spacial score (nSPS) is 19.5. The van der Waals surface area contributed by atoms with Crippen LogP contribution in [0, 0.1) is 0 Å². The molecule has 2 saturated heterocycles. The van der Waals surface area contributed by atoms with Gasteiger partial charge in [0.25, 0.3) is 0 Å².